The summed E-state index contributed by atoms with van der Waals surface area (Å²) in [6, 6.07) is 7.84. The molecule has 2 aliphatic heterocycles. The number of aliphatic hydroxyl groups is 1. The number of carbonyl (C=O) groups is 1. The van der Waals surface area contributed by atoms with Crippen LogP contribution in [0.1, 0.15) is 29.0 Å². The molecule has 0 saturated carbocycles. The molecule has 150 valence electrons. The highest BCUT2D eigenvalue weighted by atomic mass is 16.5. The Bertz CT molecular complexity index is 803. The Balaban J connectivity index is 1.35. The number of morpholine rings is 1. The number of likely N-dealkylation sites (tertiary alicyclic amines) is 1. The van der Waals surface area contributed by atoms with Crippen LogP contribution in [-0.4, -0.2) is 70.5 Å². The zero-order valence-electron chi connectivity index (χ0n) is 16.4. The maximum atomic E-state index is 12.9. The first-order valence-corrected chi connectivity index (χ1v) is 9.96. The van der Waals surface area contributed by atoms with Crippen LogP contribution < -0.4 is 4.90 Å². The lowest BCUT2D eigenvalue weighted by Gasteiger charge is -2.38. The molecule has 1 N–H and O–H groups in total. The minimum Gasteiger partial charge on any atom is -0.388 e. The van der Waals surface area contributed by atoms with Gasteiger partial charge in [0.05, 0.1) is 25.4 Å². The van der Waals surface area contributed by atoms with Gasteiger partial charge in [0.1, 0.15) is 5.82 Å². The third-order valence-electron chi connectivity index (χ3n) is 5.86. The standard InChI is InChI=1S/C21H28N4O3/c1-17-22-8-11-25(17)16-21(27)6-9-24(10-7-21)20(26)18-2-4-19(5-3-18)23-12-14-28-15-13-23/h2-5,8,11,27H,6-7,9-10,12-16H2,1H3. The van der Waals surface area contributed by atoms with Gasteiger partial charge in [0.15, 0.2) is 0 Å². The van der Waals surface area contributed by atoms with Crippen molar-refractivity contribution in [1.82, 2.24) is 14.5 Å². The second-order valence-electron chi connectivity index (χ2n) is 7.77. The predicted octanol–water partition coefficient (Wildman–Crippen LogP) is 1.70. The molecule has 1 aromatic carbocycles. The summed E-state index contributed by atoms with van der Waals surface area (Å²) in [7, 11) is 0. The maximum Gasteiger partial charge on any atom is 0.253 e. The van der Waals surface area contributed by atoms with Gasteiger partial charge in [0.25, 0.3) is 5.91 Å². The molecule has 4 rings (SSSR count). The molecule has 7 heteroatoms. The van der Waals surface area contributed by atoms with E-state index in [1.807, 2.05) is 46.9 Å². The molecule has 0 aliphatic carbocycles. The van der Waals surface area contributed by atoms with Crippen molar-refractivity contribution < 1.29 is 14.6 Å². The number of rotatable bonds is 4. The molecule has 0 atom stereocenters. The molecule has 2 aliphatic rings. The molecule has 1 amide bonds. The number of aromatic nitrogens is 2. The van der Waals surface area contributed by atoms with E-state index in [2.05, 4.69) is 9.88 Å². The largest absolute Gasteiger partial charge is 0.388 e. The zero-order valence-corrected chi connectivity index (χ0v) is 16.4. The van der Waals surface area contributed by atoms with Gasteiger partial charge < -0.3 is 24.2 Å². The highest BCUT2D eigenvalue weighted by Gasteiger charge is 2.34. The summed E-state index contributed by atoms with van der Waals surface area (Å²) in [6.07, 6.45) is 4.78. The van der Waals surface area contributed by atoms with E-state index in [0.29, 0.717) is 38.0 Å². The second-order valence-corrected chi connectivity index (χ2v) is 7.77. The summed E-state index contributed by atoms with van der Waals surface area (Å²) in [5.41, 5.74) is 1.04. The van der Waals surface area contributed by atoms with Gasteiger partial charge in [-0.1, -0.05) is 0 Å². The highest BCUT2D eigenvalue weighted by molar-refractivity contribution is 5.94. The van der Waals surface area contributed by atoms with Gasteiger partial charge in [-0.3, -0.25) is 4.79 Å². The quantitative estimate of drug-likeness (QED) is 0.869. The normalized spacial score (nSPS) is 19.6. The molecule has 0 radical (unpaired) electrons. The Morgan fingerprint density at radius 3 is 2.43 bits per heavy atom. The Morgan fingerprint density at radius 1 is 1.14 bits per heavy atom. The lowest BCUT2D eigenvalue weighted by Crippen LogP contribution is -2.48. The van der Waals surface area contributed by atoms with Crippen molar-refractivity contribution in [3.05, 3.63) is 48.0 Å². The van der Waals surface area contributed by atoms with Crippen LogP contribution in [0.15, 0.2) is 36.7 Å². The number of aryl methyl sites for hydroxylation is 1. The first-order chi connectivity index (χ1) is 13.5. The molecule has 2 saturated heterocycles. The number of hydrogen-bond acceptors (Lipinski definition) is 5. The number of amides is 1. The fraction of sp³-hybridized carbons (Fsp3) is 0.524. The van der Waals surface area contributed by atoms with Crippen LogP contribution >= 0.6 is 0 Å². The summed E-state index contributed by atoms with van der Waals surface area (Å²) in [6.45, 7) is 6.84. The number of benzene rings is 1. The SMILES string of the molecule is Cc1nccn1CC1(O)CCN(C(=O)c2ccc(N3CCOCC3)cc2)CC1. The number of nitrogens with zero attached hydrogens (tertiary/aromatic N) is 4. The third-order valence-corrected chi connectivity index (χ3v) is 5.86. The lowest BCUT2D eigenvalue weighted by molar-refractivity contribution is -0.0295. The van der Waals surface area contributed by atoms with Crippen molar-refractivity contribution in [3.8, 4) is 0 Å². The van der Waals surface area contributed by atoms with Crippen molar-refractivity contribution in [1.29, 1.82) is 0 Å². The van der Waals surface area contributed by atoms with Crippen LogP contribution in [0.3, 0.4) is 0 Å². The van der Waals surface area contributed by atoms with Gasteiger partial charge in [0.2, 0.25) is 0 Å². The van der Waals surface area contributed by atoms with Gasteiger partial charge in [-0.15, -0.1) is 0 Å². The van der Waals surface area contributed by atoms with Crippen LogP contribution in [0.4, 0.5) is 5.69 Å². The van der Waals surface area contributed by atoms with E-state index < -0.39 is 5.60 Å². The number of anilines is 1. The molecule has 2 aromatic rings. The van der Waals surface area contributed by atoms with E-state index in [1.165, 1.54) is 0 Å². The van der Waals surface area contributed by atoms with Crippen molar-refractivity contribution in [3.63, 3.8) is 0 Å². The first kappa shape index (κ1) is 19.0. The van der Waals surface area contributed by atoms with Crippen LogP contribution in [0.2, 0.25) is 0 Å². The lowest BCUT2D eigenvalue weighted by atomic mass is 9.91. The molecule has 2 fully saturated rings. The van der Waals surface area contributed by atoms with Gasteiger partial charge in [-0.25, -0.2) is 4.98 Å². The fourth-order valence-electron chi connectivity index (χ4n) is 3.99. The molecular weight excluding hydrogens is 356 g/mol. The maximum absolute atomic E-state index is 12.9. The summed E-state index contributed by atoms with van der Waals surface area (Å²) >= 11 is 0. The second kappa shape index (κ2) is 7.93. The molecule has 7 nitrogen and oxygen atoms in total. The van der Waals surface area contributed by atoms with E-state index in [9.17, 15) is 9.90 Å². The number of imidazole rings is 1. The Morgan fingerprint density at radius 2 is 1.82 bits per heavy atom. The Hall–Kier alpha value is -2.38. The van der Waals surface area contributed by atoms with Gasteiger partial charge in [0, 0.05) is 49.8 Å². The number of ether oxygens (including phenoxy) is 1. The molecule has 0 bridgehead atoms. The van der Waals surface area contributed by atoms with Gasteiger partial charge >= 0.3 is 0 Å². The van der Waals surface area contributed by atoms with Crippen LogP contribution in [0.25, 0.3) is 0 Å². The predicted molar refractivity (Wildman–Crippen MR) is 107 cm³/mol. The average Bonchev–Trinajstić information content (AvgIpc) is 3.13. The summed E-state index contributed by atoms with van der Waals surface area (Å²) in [5, 5.41) is 10.9. The molecule has 3 heterocycles. The summed E-state index contributed by atoms with van der Waals surface area (Å²) in [4.78, 5) is 21.2. The van der Waals surface area contributed by atoms with Crippen LogP contribution in [-0.2, 0) is 11.3 Å². The summed E-state index contributed by atoms with van der Waals surface area (Å²) < 4.78 is 7.36. The number of piperidine rings is 1. The average molecular weight is 384 g/mol. The molecule has 28 heavy (non-hydrogen) atoms. The number of hydrogen-bond donors (Lipinski definition) is 1. The van der Waals surface area contributed by atoms with E-state index in [1.54, 1.807) is 6.20 Å². The smallest absolute Gasteiger partial charge is 0.253 e. The third kappa shape index (κ3) is 4.05. The topological polar surface area (TPSA) is 70.8 Å². The zero-order chi connectivity index (χ0) is 19.6. The molecule has 0 spiro atoms. The monoisotopic (exact) mass is 384 g/mol. The Kier molecular flexibility index (Phi) is 5.37. The van der Waals surface area contributed by atoms with Gasteiger partial charge in [-0.05, 0) is 44.0 Å². The van der Waals surface area contributed by atoms with Crippen LogP contribution in [0, 0.1) is 6.92 Å². The minimum absolute atomic E-state index is 0.0365. The Labute approximate surface area is 165 Å². The van der Waals surface area contributed by atoms with Gasteiger partial charge in [-0.2, -0.15) is 0 Å². The first-order valence-electron chi connectivity index (χ1n) is 9.96. The molecular formula is C21H28N4O3. The number of carbonyl (C=O) groups excluding carboxylic acids is 1. The van der Waals surface area contributed by atoms with Crippen molar-refractivity contribution in [2.45, 2.75) is 31.9 Å². The molecule has 0 unspecified atom stereocenters. The van der Waals surface area contributed by atoms with Crippen LogP contribution in [0.5, 0.6) is 0 Å². The fourth-order valence-corrected chi connectivity index (χ4v) is 3.99. The van der Waals surface area contributed by atoms with E-state index in [-0.39, 0.29) is 5.91 Å². The highest BCUT2D eigenvalue weighted by Crippen LogP contribution is 2.26. The van der Waals surface area contributed by atoms with Crippen molar-refractivity contribution in [2.75, 3.05) is 44.3 Å². The molecule has 1 aromatic heterocycles. The summed E-state index contributed by atoms with van der Waals surface area (Å²) in [5.74, 6) is 0.932. The van der Waals surface area contributed by atoms with Crippen molar-refractivity contribution in [2.24, 2.45) is 0 Å². The van der Waals surface area contributed by atoms with E-state index >= 15 is 0 Å². The van der Waals surface area contributed by atoms with Crippen molar-refractivity contribution >= 4 is 11.6 Å². The van der Waals surface area contributed by atoms with E-state index in [0.717, 1.165) is 37.8 Å². The minimum atomic E-state index is -0.789. The van der Waals surface area contributed by atoms with E-state index in [4.69, 9.17) is 4.74 Å².